The van der Waals surface area contributed by atoms with Crippen LogP contribution in [0.15, 0.2) is 47.0 Å². The Morgan fingerprint density at radius 1 is 1.14 bits per heavy atom. The first kappa shape index (κ1) is 14.1. The average Bonchev–Trinajstić information content (AvgIpc) is 2.90. The number of hydrogen-bond donors (Lipinski definition) is 0. The van der Waals surface area contributed by atoms with Crippen LogP contribution in [0, 0.1) is 5.82 Å². The van der Waals surface area contributed by atoms with Crippen molar-refractivity contribution in [3.8, 4) is 5.75 Å². The number of hydrogen-bond acceptors (Lipinski definition) is 3. The number of fused-ring (bicyclic) bond motifs is 1. The molecule has 2 aromatic carbocycles. The predicted octanol–water partition coefficient (Wildman–Crippen LogP) is 4.48. The molecule has 1 heterocycles. The molecule has 0 fully saturated rings. The highest BCUT2D eigenvalue weighted by atomic mass is 79.9. The molecular weight excluding hydrogens is 337 g/mol. The van der Waals surface area contributed by atoms with Crippen molar-refractivity contribution >= 4 is 26.9 Å². The molecule has 5 heteroatoms. The SMILES string of the molecule is Fc1ccc(COc2ccc3c(CCBr)noc3c2)cc1. The third-order valence-corrected chi connectivity index (χ3v) is 3.56. The quantitative estimate of drug-likeness (QED) is 0.637. The van der Waals surface area contributed by atoms with E-state index in [9.17, 15) is 4.39 Å². The van der Waals surface area contributed by atoms with Crippen molar-refractivity contribution in [2.24, 2.45) is 0 Å². The van der Waals surface area contributed by atoms with Crippen molar-refractivity contribution in [2.45, 2.75) is 13.0 Å². The fraction of sp³-hybridized carbons (Fsp3) is 0.188. The Morgan fingerprint density at radius 2 is 1.95 bits per heavy atom. The van der Waals surface area contributed by atoms with E-state index in [1.807, 2.05) is 18.2 Å². The van der Waals surface area contributed by atoms with Crippen LogP contribution in [0.25, 0.3) is 11.0 Å². The van der Waals surface area contributed by atoms with Crippen LogP contribution in [0.5, 0.6) is 5.75 Å². The number of benzene rings is 2. The van der Waals surface area contributed by atoms with Crippen LogP contribution in [-0.4, -0.2) is 10.5 Å². The number of halogens is 2. The molecule has 0 spiro atoms. The minimum absolute atomic E-state index is 0.249. The second-order valence-corrected chi connectivity index (χ2v) is 5.43. The highest BCUT2D eigenvalue weighted by Gasteiger charge is 2.08. The highest BCUT2D eigenvalue weighted by molar-refractivity contribution is 9.09. The molecule has 0 saturated carbocycles. The van der Waals surface area contributed by atoms with Gasteiger partial charge in [-0.25, -0.2) is 4.39 Å². The molecule has 1 aromatic heterocycles. The first-order chi connectivity index (χ1) is 10.3. The molecule has 0 N–H and O–H groups in total. The molecule has 108 valence electrons. The minimum atomic E-state index is -0.249. The number of aromatic nitrogens is 1. The lowest BCUT2D eigenvalue weighted by Gasteiger charge is -2.06. The van der Waals surface area contributed by atoms with Crippen molar-refractivity contribution < 1.29 is 13.7 Å². The van der Waals surface area contributed by atoms with E-state index in [4.69, 9.17) is 9.26 Å². The number of aryl methyl sites for hydroxylation is 1. The van der Waals surface area contributed by atoms with Crippen molar-refractivity contribution in [1.29, 1.82) is 0 Å². The van der Waals surface area contributed by atoms with E-state index in [0.717, 1.165) is 28.4 Å². The monoisotopic (exact) mass is 349 g/mol. The Bertz CT molecular complexity index is 740. The average molecular weight is 350 g/mol. The van der Waals surface area contributed by atoms with Gasteiger partial charge in [-0.2, -0.15) is 0 Å². The molecule has 0 unspecified atom stereocenters. The lowest BCUT2D eigenvalue weighted by molar-refractivity contribution is 0.305. The van der Waals surface area contributed by atoms with Gasteiger partial charge < -0.3 is 9.26 Å². The van der Waals surface area contributed by atoms with Gasteiger partial charge in [-0.1, -0.05) is 33.2 Å². The summed E-state index contributed by atoms with van der Waals surface area (Å²) in [5, 5.41) is 5.90. The Morgan fingerprint density at radius 3 is 2.71 bits per heavy atom. The highest BCUT2D eigenvalue weighted by Crippen LogP contribution is 2.25. The van der Waals surface area contributed by atoms with Gasteiger partial charge in [0.15, 0.2) is 5.58 Å². The van der Waals surface area contributed by atoms with Crippen molar-refractivity contribution in [3.63, 3.8) is 0 Å². The van der Waals surface area contributed by atoms with Crippen LogP contribution >= 0.6 is 15.9 Å². The van der Waals surface area contributed by atoms with Gasteiger partial charge in [-0.05, 0) is 29.8 Å². The van der Waals surface area contributed by atoms with E-state index in [0.29, 0.717) is 17.9 Å². The van der Waals surface area contributed by atoms with Gasteiger partial charge in [-0.3, -0.25) is 0 Å². The summed E-state index contributed by atoms with van der Waals surface area (Å²) in [5.41, 5.74) is 2.56. The summed E-state index contributed by atoms with van der Waals surface area (Å²) < 4.78 is 23.8. The van der Waals surface area contributed by atoms with Gasteiger partial charge in [0.05, 0.1) is 5.69 Å². The van der Waals surface area contributed by atoms with Gasteiger partial charge in [0.2, 0.25) is 0 Å². The standard InChI is InChI=1S/C16H13BrFNO2/c17-8-7-15-14-6-5-13(9-16(14)21-19-15)20-10-11-1-3-12(18)4-2-11/h1-6,9H,7-8,10H2. The molecule has 0 bridgehead atoms. The van der Waals surface area contributed by atoms with Gasteiger partial charge in [0, 0.05) is 23.2 Å². The van der Waals surface area contributed by atoms with E-state index in [1.165, 1.54) is 12.1 Å². The van der Waals surface area contributed by atoms with Crippen LogP contribution in [0.3, 0.4) is 0 Å². The topological polar surface area (TPSA) is 35.3 Å². The number of ether oxygens (including phenoxy) is 1. The Balaban J connectivity index is 1.74. The molecule has 3 rings (SSSR count). The summed E-state index contributed by atoms with van der Waals surface area (Å²) in [5.74, 6) is 0.453. The molecule has 0 radical (unpaired) electrons. The number of alkyl halides is 1. The number of nitrogens with zero attached hydrogens (tertiary/aromatic N) is 1. The van der Waals surface area contributed by atoms with E-state index in [2.05, 4.69) is 21.1 Å². The molecule has 0 aliphatic rings. The van der Waals surface area contributed by atoms with Gasteiger partial charge >= 0.3 is 0 Å². The zero-order chi connectivity index (χ0) is 14.7. The van der Waals surface area contributed by atoms with Crippen molar-refractivity contribution in [1.82, 2.24) is 5.16 Å². The summed E-state index contributed by atoms with van der Waals surface area (Å²) >= 11 is 3.39. The second-order valence-electron chi connectivity index (χ2n) is 4.64. The Hall–Kier alpha value is -1.88. The molecule has 21 heavy (non-hydrogen) atoms. The predicted molar refractivity (Wildman–Crippen MR) is 82.2 cm³/mol. The molecule has 0 aliphatic heterocycles. The maximum Gasteiger partial charge on any atom is 0.170 e. The first-order valence-corrected chi connectivity index (χ1v) is 7.70. The molecule has 3 nitrogen and oxygen atoms in total. The smallest absolute Gasteiger partial charge is 0.170 e. The van der Waals surface area contributed by atoms with Crippen molar-refractivity contribution in [2.75, 3.05) is 5.33 Å². The van der Waals surface area contributed by atoms with Gasteiger partial charge in [-0.15, -0.1) is 0 Å². The van der Waals surface area contributed by atoms with Crippen LogP contribution < -0.4 is 4.74 Å². The third-order valence-electron chi connectivity index (χ3n) is 3.17. The van der Waals surface area contributed by atoms with E-state index in [1.54, 1.807) is 12.1 Å². The zero-order valence-electron chi connectivity index (χ0n) is 11.2. The number of rotatable bonds is 5. The summed E-state index contributed by atoms with van der Waals surface area (Å²) in [7, 11) is 0. The lowest BCUT2D eigenvalue weighted by Crippen LogP contribution is -1.95. The molecule has 0 atom stereocenters. The molecular formula is C16H13BrFNO2. The summed E-state index contributed by atoms with van der Waals surface area (Å²) in [6.45, 7) is 0.383. The normalized spacial score (nSPS) is 11.0. The maximum atomic E-state index is 12.8. The van der Waals surface area contributed by atoms with Crippen LogP contribution in [-0.2, 0) is 13.0 Å². The van der Waals surface area contributed by atoms with Crippen LogP contribution in [0.2, 0.25) is 0 Å². The molecule has 0 amide bonds. The fourth-order valence-corrected chi connectivity index (χ4v) is 2.45. The largest absolute Gasteiger partial charge is 0.489 e. The third kappa shape index (κ3) is 3.24. The lowest BCUT2D eigenvalue weighted by atomic mass is 10.2. The Kier molecular flexibility index (Phi) is 4.20. The van der Waals surface area contributed by atoms with Crippen molar-refractivity contribution in [3.05, 3.63) is 59.5 Å². The molecule has 3 aromatic rings. The molecule has 0 saturated heterocycles. The van der Waals surface area contributed by atoms with Crippen LogP contribution in [0.1, 0.15) is 11.3 Å². The summed E-state index contributed by atoms with van der Waals surface area (Å²) in [4.78, 5) is 0. The summed E-state index contributed by atoms with van der Waals surface area (Å²) in [6.07, 6.45) is 0.822. The van der Waals surface area contributed by atoms with Crippen LogP contribution in [0.4, 0.5) is 4.39 Å². The molecule has 0 aliphatic carbocycles. The van der Waals surface area contributed by atoms with E-state index in [-0.39, 0.29) is 5.82 Å². The Labute approximate surface area is 129 Å². The first-order valence-electron chi connectivity index (χ1n) is 6.58. The van der Waals surface area contributed by atoms with Gasteiger partial charge in [0.1, 0.15) is 18.2 Å². The van der Waals surface area contributed by atoms with Gasteiger partial charge in [0.25, 0.3) is 0 Å². The van der Waals surface area contributed by atoms with E-state index < -0.39 is 0 Å². The minimum Gasteiger partial charge on any atom is -0.489 e. The zero-order valence-corrected chi connectivity index (χ0v) is 12.8. The van der Waals surface area contributed by atoms with E-state index >= 15 is 0 Å². The second kappa shape index (κ2) is 6.26. The maximum absolute atomic E-state index is 12.8. The fourth-order valence-electron chi connectivity index (χ4n) is 2.08. The summed E-state index contributed by atoms with van der Waals surface area (Å²) in [6, 6.07) is 11.9.